The van der Waals surface area contributed by atoms with Crippen LogP contribution in [0.2, 0.25) is 0 Å². The van der Waals surface area contributed by atoms with E-state index in [9.17, 15) is 24.6 Å². The molecule has 0 spiro atoms. The summed E-state index contributed by atoms with van der Waals surface area (Å²) in [5.74, 6) is -1.43. The number of ketones is 1. The smallest absolute Gasteiger partial charge is 0.331 e. The van der Waals surface area contributed by atoms with Crippen LogP contribution in [-0.2, 0) is 19.1 Å². The number of aliphatic hydroxyl groups excluding tert-OH is 1. The van der Waals surface area contributed by atoms with Crippen LogP contribution >= 0.6 is 0 Å². The molecule has 0 aromatic heterocycles. The van der Waals surface area contributed by atoms with Gasteiger partial charge in [0.25, 0.3) is 0 Å². The number of carboxylic acid groups (broad SMARTS) is 1. The van der Waals surface area contributed by atoms with Crippen LogP contribution in [0.1, 0.15) is 87.0 Å². The van der Waals surface area contributed by atoms with Crippen LogP contribution in [0.15, 0.2) is 34.9 Å². The molecule has 0 radical (unpaired) electrons. The van der Waals surface area contributed by atoms with Crippen molar-refractivity contribution in [2.24, 2.45) is 39.9 Å². The van der Waals surface area contributed by atoms with Crippen molar-refractivity contribution in [2.45, 2.75) is 99.2 Å². The molecule has 0 unspecified atom stereocenters. The van der Waals surface area contributed by atoms with Crippen LogP contribution in [0, 0.1) is 39.9 Å². The maximum atomic E-state index is 12.6. The Morgan fingerprint density at radius 1 is 1.16 bits per heavy atom. The first-order chi connectivity index (χ1) is 17.2. The normalized spacial score (nSPS) is 43.8. The molecule has 0 bridgehead atoms. The molecule has 6 nitrogen and oxygen atoms in total. The average Bonchev–Trinajstić information content (AvgIpc) is 3.05. The lowest BCUT2D eigenvalue weighted by Gasteiger charge is -2.67. The van der Waals surface area contributed by atoms with E-state index < -0.39 is 24.1 Å². The van der Waals surface area contributed by atoms with Crippen molar-refractivity contribution >= 4 is 17.7 Å². The third-order valence-electron chi connectivity index (χ3n) is 10.9. The van der Waals surface area contributed by atoms with Crippen LogP contribution in [0.4, 0.5) is 0 Å². The second kappa shape index (κ2) is 9.52. The molecule has 4 aliphatic rings. The van der Waals surface area contributed by atoms with Gasteiger partial charge in [-0.05, 0) is 98.0 Å². The lowest BCUT2D eigenvalue weighted by atomic mass is 9.37. The van der Waals surface area contributed by atoms with Crippen molar-refractivity contribution in [1.29, 1.82) is 0 Å². The highest BCUT2D eigenvalue weighted by Gasteiger charge is 2.70. The van der Waals surface area contributed by atoms with Crippen molar-refractivity contribution in [3.05, 3.63) is 34.9 Å². The first-order valence-electron chi connectivity index (χ1n) is 13.9. The zero-order chi connectivity index (χ0) is 27.5. The Morgan fingerprint density at radius 3 is 2.43 bits per heavy atom. The Kier molecular flexibility index (Phi) is 7.15. The topological polar surface area (TPSA) is 101 Å². The second-order valence-corrected chi connectivity index (χ2v) is 13.1. The molecular weight excluding hydrogens is 468 g/mol. The summed E-state index contributed by atoms with van der Waals surface area (Å²) in [7, 11) is 0. The van der Waals surface area contributed by atoms with E-state index in [1.807, 2.05) is 32.9 Å². The van der Waals surface area contributed by atoms with Gasteiger partial charge in [-0.25, -0.2) is 4.79 Å². The molecular formula is C31H44O6. The Morgan fingerprint density at radius 2 is 1.84 bits per heavy atom. The third-order valence-corrected chi connectivity index (χ3v) is 10.9. The van der Waals surface area contributed by atoms with Gasteiger partial charge in [-0.3, -0.25) is 9.59 Å². The van der Waals surface area contributed by atoms with E-state index in [1.165, 1.54) is 6.92 Å². The van der Waals surface area contributed by atoms with Gasteiger partial charge >= 0.3 is 11.9 Å². The Hall–Kier alpha value is -2.21. The van der Waals surface area contributed by atoms with Gasteiger partial charge in [0.1, 0.15) is 6.10 Å². The van der Waals surface area contributed by atoms with E-state index in [4.69, 9.17) is 4.74 Å². The number of aliphatic carboxylic acids is 1. The van der Waals surface area contributed by atoms with Crippen LogP contribution in [0.25, 0.3) is 0 Å². The molecule has 0 aliphatic heterocycles. The predicted molar refractivity (Wildman–Crippen MR) is 141 cm³/mol. The minimum atomic E-state index is -0.974. The van der Waals surface area contributed by atoms with E-state index in [0.29, 0.717) is 36.8 Å². The minimum Gasteiger partial charge on any atom is -0.478 e. The van der Waals surface area contributed by atoms with Crippen molar-refractivity contribution in [2.75, 3.05) is 0 Å². The van der Waals surface area contributed by atoms with Gasteiger partial charge < -0.3 is 14.9 Å². The summed E-state index contributed by atoms with van der Waals surface area (Å²) in [6, 6.07) is 0. The van der Waals surface area contributed by atoms with Gasteiger partial charge in [0.05, 0.1) is 6.10 Å². The van der Waals surface area contributed by atoms with Crippen LogP contribution in [-0.4, -0.2) is 40.1 Å². The number of ether oxygens (including phenoxy) is 1. The minimum absolute atomic E-state index is 0.0805. The van der Waals surface area contributed by atoms with Crippen molar-refractivity contribution in [3.8, 4) is 0 Å². The van der Waals surface area contributed by atoms with Gasteiger partial charge in [-0.1, -0.05) is 45.4 Å². The molecule has 204 valence electrons. The zero-order valence-corrected chi connectivity index (χ0v) is 23.5. The number of hydrogen-bond acceptors (Lipinski definition) is 5. The summed E-state index contributed by atoms with van der Waals surface area (Å²) < 4.78 is 5.85. The van der Waals surface area contributed by atoms with E-state index in [2.05, 4.69) is 20.8 Å². The summed E-state index contributed by atoms with van der Waals surface area (Å²) in [6.45, 7) is 14.0. The van der Waals surface area contributed by atoms with Crippen molar-refractivity contribution in [1.82, 2.24) is 0 Å². The molecule has 9 atom stereocenters. The largest absolute Gasteiger partial charge is 0.478 e. The number of carbonyl (C=O) groups excluding carboxylic acids is 2. The molecule has 3 saturated carbocycles. The lowest BCUT2D eigenvalue weighted by Crippen LogP contribution is -2.64. The fraction of sp³-hybridized carbons (Fsp3) is 0.710. The molecule has 4 aliphatic carbocycles. The Balaban J connectivity index is 1.85. The monoisotopic (exact) mass is 512 g/mol. The van der Waals surface area contributed by atoms with E-state index in [-0.39, 0.29) is 45.7 Å². The van der Waals surface area contributed by atoms with Gasteiger partial charge in [-0.2, -0.15) is 0 Å². The van der Waals surface area contributed by atoms with Gasteiger partial charge in [-0.15, -0.1) is 0 Å². The number of rotatable bonds is 5. The summed E-state index contributed by atoms with van der Waals surface area (Å²) >= 11 is 0. The summed E-state index contributed by atoms with van der Waals surface area (Å²) in [4.78, 5) is 37.3. The average molecular weight is 513 g/mol. The lowest BCUT2D eigenvalue weighted by molar-refractivity contribution is -0.204. The van der Waals surface area contributed by atoms with Gasteiger partial charge in [0.2, 0.25) is 0 Å². The number of hydrogen-bond donors (Lipinski definition) is 2. The summed E-state index contributed by atoms with van der Waals surface area (Å²) in [5.41, 5.74) is 1.12. The van der Waals surface area contributed by atoms with Crippen LogP contribution in [0.3, 0.4) is 0 Å². The number of carbonyl (C=O) groups is 3. The molecule has 0 aromatic carbocycles. The first kappa shape index (κ1) is 27.8. The highest BCUT2D eigenvalue weighted by molar-refractivity contribution is 5.93. The molecule has 37 heavy (non-hydrogen) atoms. The van der Waals surface area contributed by atoms with Crippen molar-refractivity contribution in [3.63, 3.8) is 0 Å². The standard InChI is InChI=1S/C31H44O6/c1-17(2)9-8-10-20(28(35)36)26-22-15-24(34)27-29(5)13-12-23(33)18(3)21(29)11-14-30(27,6)31(22,7)16-25(26)37-19(4)32/h9,12-13,18,21-22,24-25,27,34H,8,10-11,14-16H2,1-7H3,(H,35,36)/b26-20-/t18-,21-,22-,24+,25-,27-,29-,30-,31-/m0/s1. The maximum absolute atomic E-state index is 12.6. The number of aliphatic hydroxyl groups is 1. The number of fused-ring (bicyclic) bond motifs is 5. The fourth-order valence-electron chi connectivity index (χ4n) is 9.14. The molecule has 0 saturated heterocycles. The molecule has 6 heteroatoms. The zero-order valence-electron chi connectivity index (χ0n) is 23.5. The highest BCUT2D eigenvalue weighted by Crippen LogP contribution is 2.73. The Labute approximate surface area is 221 Å². The number of esters is 1. The molecule has 4 rings (SSSR count). The fourth-order valence-corrected chi connectivity index (χ4v) is 9.14. The van der Waals surface area contributed by atoms with Gasteiger partial charge in [0, 0.05) is 18.4 Å². The summed E-state index contributed by atoms with van der Waals surface area (Å²) in [5, 5.41) is 22.2. The molecule has 3 fully saturated rings. The quantitative estimate of drug-likeness (QED) is 0.280. The van der Waals surface area contributed by atoms with Gasteiger partial charge in [0.15, 0.2) is 5.78 Å². The molecule has 0 heterocycles. The third kappa shape index (κ3) is 4.24. The number of carboxylic acids is 1. The first-order valence-corrected chi connectivity index (χ1v) is 13.9. The van der Waals surface area contributed by atoms with E-state index >= 15 is 0 Å². The SMILES string of the molecule is CC(=O)O[C@H]1C[C@@]2(C)[C@@H](C[C@@H](O)[C@H]3[C@@]4(C)C=CC(=O)[C@@H](C)[C@@H]4CC[C@@]32C)/C1=C(\CCC=C(C)C)C(=O)O. The highest BCUT2D eigenvalue weighted by atomic mass is 16.5. The van der Waals surface area contributed by atoms with Crippen molar-refractivity contribution < 1.29 is 29.3 Å². The van der Waals surface area contributed by atoms with E-state index in [1.54, 1.807) is 6.08 Å². The predicted octanol–water partition coefficient (Wildman–Crippen LogP) is 5.65. The molecule has 2 N–H and O–H groups in total. The van der Waals surface area contributed by atoms with Crippen LogP contribution in [0.5, 0.6) is 0 Å². The van der Waals surface area contributed by atoms with Crippen LogP contribution < -0.4 is 0 Å². The molecule has 0 aromatic rings. The Bertz CT molecular complexity index is 1080. The molecule has 0 amide bonds. The van der Waals surface area contributed by atoms with E-state index in [0.717, 1.165) is 18.4 Å². The maximum Gasteiger partial charge on any atom is 0.331 e. The second-order valence-electron chi connectivity index (χ2n) is 13.1. The number of allylic oxidation sites excluding steroid dienone is 4. The summed E-state index contributed by atoms with van der Waals surface area (Å²) in [6.07, 6.45) is 8.18.